The Morgan fingerprint density at radius 3 is 1.67 bits per heavy atom. The van der Waals surface area contributed by atoms with Crippen LogP contribution in [0, 0.1) is 11.3 Å². The Morgan fingerprint density at radius 2 is 1.50 bits per heavy atom. The first-order valence-corrected chi connectivity index (χ1v) is 6.48. The van der Waals surface area contributed by atoms with Crippen LogP contribution in [0.15, 0.2) is 11.1 Å². The zero-order valence-corrected chi connectivity index (χ0v) is 11.9. The quantitative estimate of drug-likeness (QED) is 0.685. The number of carboxylic acid groups (broad SMARTS) is 2. The van der Waals surface area contributed by atoms with Crippen LogP contribution >= 0.6 is 0 Å². The molecule has 0 rings (SSSR count). The fourth-order valence-corrected chi connectivity index (χ4v) is 2.64. The summed E-state index contributed by atoms with van der Waals surface area (Å²) in [6, 6.07) is 0. The molecule has 4 heteroatoms. The summed E-state index contributed by atoms with van der Waals surface area (Å²) < 4.78 is 0. The molecule has 0 aliphatic carbocycles. The Bertz CT molecular complexity index is 349. The maximum absolute atomic E-state index is 11.7. The second kappa shape index (κ2) is 6.57. The summed E-state index contributed by atoms with van der Waals surface area (Å²) >= 11 is 0. The molecule has 4 nitrogen and oxygen atoms in total. The van der Waals surface area contributed by atoms with E-state index in [1.807, 2.05) is 13.8 Å². The van der Waals surface area contributed by atoms with Crippen molar-refractivity contribution in [2.24, 2.45) is 11.3 Å². The summed E-state index contributed by atoms with van der Waals surface area (Å²) in [5.41, 5.74) is -0.495. The lowest BCUT2D eigenvalue weighted by Gasteiger charge is -2.34. The van der Waals surface area contributed by atoms with Crippen molar-refractivity contribution < 1.29 is 19.8 Å². The minimum Gasteiger partial charge on any atom is -0.481 e. The smallest absolute Gasteiger partial charge is 0.332 e. The van der Waals surface area contributed by atoms with Crippen molar-refractivity contribution in [2.75, 3.05) is 0 Å². The monoisotopic (exact) mass is 256 g/mol. The van der Waals surface area contributed by atoms with Crippen LogP contribution in [0.1, 0.15) is 53.9 Å². The molecule has 0 radical (unpaired) electrons. The minimum absolute atomic E-state index is 0.0810. The van der Waals surface area contributed by atoms with Gasteiger partial charge in [-0.3, -0.25) is 4.79 Å². The van der Waals surface area contributed by atoms with Gasteiger partial charge in [0.05, 0.1) is 5.57 Å². The van der Waals surface area contributed by atoms with Gasteiger partial charge >= 0.3 is 11.9 Å². The number of allylic oxidation sites excluding steroid dienone is 1. The summed E-state index contributed by atoms with van der Waals surface area (Å²) in [6.07, 6.45) is 1.42. The van der Waals surface area contributed by atoms with Gasteiger partial charge in [-0.15, -0.1) is 0 Å². The average molecular weight is 256 g/mol. The molecule has 0 bridgehead atoms. The molecular formula is C14H24O4. The van der Waals surface area contributed by atoms with Crippen molar-refractivity contribution >= 4 is 11.9 Å². The van der Waals surface area contributed by atoms with Crippen LogP contribution in [0.3, 0.4) is 0 Å². The van der Waals surface area contributed by atoms with Gasteiger partial charge in [0.2, 0.25) is 0 Å². The third kappa shape index (κ3) is 2.74. The highest BCUT2D eigenvalue weighted by molar-refractivity contribution is 5.97. The van der Waals surface area contributed by atoms with Crippen LogP contribution in [0.5, 0.6) is 0 Å². The van der Waals surface area contributed by atoms with Gasteiger partial charge in [-0.05, 0) is 25.2 Å². The number of hydrogen-bond donors (Lipinski definition) is 2. The summed E-state index contributed by atoms with van der Waals surface area (Å²) in [7, 11) is 0. The van der Waals surface area contributed by atoms with E-state index in [0.717, 1.165) is 5.57 Å². The Hall–Kier alpha value is -1.32. The molecule has 0 aliphatic rings. The van der Waals surface area contributed by atoms with Crippen molar-refractivity contribution in [3.05, 3.63) is 11.1 Å². The van der Waals surface area contributed by atoms with E-state index in [1.165, 1.54) is 0 Å². The van der Waals surface area contributed by atoms with Gasteiger partial charge in [-0.1, -0.05) is 40.2 Å². The van der Waals surface area contributed by atoms with Gasteiger partial charge in [0, 0.05) is 0 Å². The summed E-state index contributed by atoms with van der Waals surface area (Å²) in [6.45, 7) is 9.00. The van der Waals surface area contributed by atoms with E-state index in [4.69, 9.17) is 0 Å². The van der Waals surface area contributed by atoms with E-state index in [0.29, 0.717) is 12.8 Å². The van der Waals surface area contributed by atoms with Crippen LogP contribution in [0.25, 0.3) is 0 Å². The van der Waals surface area contributed by atoms with E-state index >= 15 is 0 Å². The zero-order valence-electron chi connectivity index (χ0n) is 11.9. The fourth-order valence-electron chi connectivity index (χ4n) is 2.64. The van der Waals surface area contributed by atoms with Crippen molar-refractivity contribution in [2.45, 2.75) is 53.9 Å². The molecule has 104 valence electrons. The Morgan fingerprint density at radius 1 is 1.06 bits per heavy atom. The van der Waals surface area contributed by atoms with Gasteiger partial charge in [0.15, 0.2) is 0 Å². The summed E-state index contributed by atoms with van der Waals surface area (Å²) in [4.78, 5) is 23.2. The van der Waals surface area contributed by atoms with Crippen LogP contribution < -0.4 is 0 Å². The lowest BCUT2D eigenvalue weighted by Crippen LogP contribution is -2.41. The third-order valence-electron chi connectivity index (χ3n) is 3.79. The SMILES string of the molecule is CCC(CC)=C(C(=O)O)C(CC)(C(=O)O)C(C)C. The molecule has 0 fully saturated rings. The van der Waals surface area contributed by atoms with Gasteiger partial charge in [0.1, 0.15) is 5.41 Å². The van der Waals surface area contributed by atoms with E-state index in [2.05, 4.69) is 0 Å². The molecule has 0 saturated heterocycles. The molecule has 2 N–H and O–H groups in total. The average Bonchev–Trinajstić information content (AvgIpc) is 2.28. The molecule has 1 atom stereocenters. The molecule has 0 amide bonds. The van der Waals surface area contributed by atoms with Crippen LogP contribution in [-0.2, 0) is 9.59 Å². The molecule has 1 unspecified atom stereocenters. The maximum atomic E-state index is 11.7. The molecule has 0 aromatic rings. The first-order valence-electron chi connectivity index (χ1n) is 6.48. The van der Waals surface area contributed by atoms with Gasteiger partial charge < -0.3 is 10.2 Å². The van der Waals surface area contributed by atoms with E-state index in [9.17, 15) is 19.8 Å². The van der Waals surface area contributed by atoms with Crippen LogP contribution in [0.2, 0.25) is 0 Å². The highest BCUT2D eigenvalue weighted by Crippen LogP contribution is 2.42. The molecule has 18 heavy (non-hydrogen) atoms. The standard InChI is InChI=1S/C14H24O4/c1-6-10(7-2)11(12(15)16)14(8-3,9(4)5)13(17)18/h9H,6-8H2,1-5H3,(H,15,16)(H,17,18). The predicted molar refractivity (Wildman–Crippen MR) is 70.4 cm³/mol. The Kier molecular flexibility index (Phi) is 6.09. The Balaban J connectivity index is 6.21. The van der Waals surface area contributed by atoms with Crippen molar-refractivity contribution in [3.8, 4) is 0 Å². The second-order valence-electron chi connectivity index (χ2n) is 4.78. The normalized spacial score (nSPS) is 14.1. The molecule has 0 aromatic heterocycles. The number of hydrogen-bond acceptors (Lipinski definition) is 2. The summed E-state index contributed by atoms with van der Waals surface area (Å²) in [5, 5.41) is 19.0. The number of rotatable bonds is 7. The summed E-state index contributed by atoms with van der Waals surface area (Å²) in [5.74, 6) is -2.41. The van der Waals surface area contributed by atoms with E-state index in [1.54, 1.807) is 20.8 Å². The van der Waals surface area contributed by atoms with Gasteiger partial charge in [-0.2, -0.15) is 0 Å². The topological polar surface area (TPSA) is 74.6 Å². The fraction of sp³-hybridized carbons (Fsp3) is 0.714. The highest BCUT2D eigenvalue weighted by Gasteiger charge is 2.47. The number of carbonyl (C=O) groups is 2. The molecule has 0 aliphatic heterocycles. The Labute approximate surface area is 109 Å². The predicted octanol–water partition coefficient (Wildman–Crippen LogP) is 3.32. The lowest BCUT2D eigenvalue weighted by molar-refractivity contribution is -0.153. The van der Waals surface area contributed by atoms with Crippen molar-refractivity contribution in [3.63, 3.8) is 0 Å². The number of carboxylic acids is 2. The van der Waals surface area contributed by atoms with E-state index in [-0.39, 0.29) is 17.9 Å². The van der Waals surface area contributed by atoms with Crippen LogP contribution in [-0.4, -0.2) is 22.2 Å². The third-order valence-corrected chi connectivity index (χ3v) is 3.79. The van der Waals surface area contributed by atoms with E-state index < -0.39 is 17.4 Å². The molecule has 0 heterocycles. The zero-order chi connectivity index (χ0) is 14.5. The van der Waals surface area contributed by atoms with Crippen LogP contribution in [0.4, 0.5) is 0 Å². The minimum atomic E-state index is -1.30. The first-order chi connectivity index (χ1) is 8.29. The van der Waals surface area contributed by atoms with Crippen molar-refractivity contribution in [1.29, 1.82) is 0 Å². The maximum Gasteiger partial charge on any atom is 0.332 e. The molecular weight excluding hydrogens is 232 g/mol. The second-order valence-corrected chi connectivity index (χ2v) is 4.78. The van der Waals surface area contributed by atoms with Gasteiger partial charge in [-0.25, -0.2) is 4.79 Å². The van der Waals surface area contributed by atoms with Crippen molar-refractivity contribution in [1.82, 2.24) is 0 Å². The molecule has 0 saturated carbocycles. The molecule has 0 aromatic carbocycles. The largest absolute Gasteiger partial charge is 0.481 e. The highest BCUT2D eigenvalue weighted by atomic mass is 16.4. The molecule has 0 spiro atoms. The first kappa shape index (κ1) is 16.7. The van der Waals surface area contributed by atoms with Gasteiger partial charge in [0.25, 0.3) is 0 Å². The lowest BCUT2D eigenvalue weighted by atomic mass is 9.67. The number of aliphatic carboxylic acids is 2.